The van der Waals surface area contributed by atoms with Gasteiger partial charge in [0, 0.05) is 28.7 Å². The average molecular weight is 778 g/mol. The van der Waals surface area contributed by atoms with Crippen molar-refractivity contribution in [1.29, 1.82) is 0 Å². The Morgan fingerprint density at radius 2 is 1.65 bits per heavy atom. The van der Waals surface area contributed by atoms with Gasteiger partial charge in [0.15, 0.2) is 5.78 Å². The number of rotatable bonds is 12. The quantitative estimate of drug-likeness (QED) is 0.212. The summed E-state index contributed by atoms with van der Waals surface area (Å²) >= 11 is 6.34. The maximum absolute atomic E-state index is 14.4. The number of carbonyl (C=O) groups excluding carboxylic acids is 3. The van der Waals surface area contributed by atoms with Crippen LogP contribution < -0.4 is 0 Å². The van der Waals surface area contributed by atoms with Crippen molar-refractivity contribution in [2.75, 3.05) is 0 Å². The minimum atomic E-state index is -1.17. The zero-order chi connectivity index (χ0) is 40.5. The Labute approximate surface area is 336 Å². The van der Waals surface area contributed by atoms with Crippen molar-refractivity contribution in [3.05, 3.63) is 46.0 Å². The normalized spacial score (nSPS) is 36.0. The van der Waals surface area contributed by atoms with E-state index in [-0.39, 0.29) is 57.2 Å². The van der Waals surface area contributed by atoms with E-state index in [0.717, 1.165) is 81.2 Å². The number of esters is 1. The molecule has 5 aliphatic rings. The van der Waals surface area contributed by atoms with Crippen LogP contribution in [0.1, 0.15) is 158 Å². The van der Waals surface area contributed by atoms with Gasteiger partial charge in [0.2, 0.25) is 0 Å². The summed E-state index contributed by atoms with van der Waals surface area (Å²) in [7, 11) is 0. The van der Waals surface area contributed by atoms with Crippen molar-refractivity contribution >= 4 is 35.1 Å². The molecule has 0 aliphatic heterocycles. The first-order valence-electron chi connectivity index (χ1n) is 21.5. The molecule has 0 spiro atoms. The summed E-state index contributed by atoms with van der Waals surface area (Å²) in [5.74, 6) is 0.615. The molecule has 304 valence electrons. The molecule has 4 saturated carbocycles. The summed E-state index contributed by atoms with van der Waals surface area (Å²) in [5.41, 5.74) is 2.24. The summed E-state index contributed by atoms with van der Waals surface area (Å²) in [5, 5.41) is 10.4. The van der Waals surface area contributed by atoms with E-state index in [4.69, 9.17) is 16.3 Å². The van der Waals surface area contributed by atoms with Crippen molar-refractivity contribution in [1.82, 2.24) is 0 Å². The number of carbonyl (C=O) groups is 4. The van der Waals surface area contributed by atoms with E-state index in [0.29, 0.717) is 36.4 Å². The number of aryl methyl sites for hydroxylation is 1. The third-order valence-corrected chi connectivity index (χ3v) is 17.3. The second kappa shape index (κ2) is 14.7. The van der Waals surface area contributed by atoms with Crippen LogP contribution in [0.4, 0.5) is 0 Å². The van der Waals surface area contributed by atoms with Gasteiger partial charge in [-0.2, -0.15) is 0 Å². The van der Waals surface area contributed by atoms with Gasteiger partial charge in [-0.15, -0.1) is 0 Å². The number of ketones is 2. The molecule has 1 aromatic rings. The predicted octanol–water partition coefficient (Wildman–Crippen LogP) is 11.7. The van der Waals surface area contributed by atoms with Crippen LogP contribution in [-0.4, -0.2) is 34.7 Å². The predicted molar refractivity (Wildman–Crippen MR) is 219 cm³/mol. The lowest BCUT2D eigenvalue weighted by Gasteiger charge is -2.72. The van der Waals surface area contributed by atoms with E-state index >= 15 is 0 Å². The summed E-state index contributed by atoms with van der Waals surface area (Å²) in [6.45, 7) is 21.6. The highest BCUT2D eigenvalue weighted by molar-refractivity contribution is 6.30. The molecule has 5 aliphatic carbocycles. The van der Waals surface area contributed by atoms with Gasteiger partial charge in [-0.05, 0) is 161 Å². The van der Waals surface area contributed by atoms with Crippen molar-refractivity contribution < 1.29 is 29.0 Å². The summed E-state index contributed by atoms with van der Waals surface area (Å²) in [4.78, 5) is 52.4. The number of carboxylic acids is 1. The number of carboxylic acid groups (broad SMARTS) is 1. The topological polar surface area (TPSA) is 97.7 Å². The van der Waals surface area contributed by atoms with Gasteiger partial charge in [-0.3, -0.25) is 14.4 Å². The molecule has 55 heavy (non-hydrogen) atoms. The molecule has 0 aromatic heterocycles. The minimum absolute atomic E-state index is 0.0188. The van der Waals surface area contributed by atoms with Crippen LogP contribution >= 0.6 is 11.6 Å². The molecular weight excluding hydrogens is 708 g/mol. The fraction of sp³-hybridized carbons (Fsp3) is 0.750. The van der Waals surface area contributed by atoms with Gasteiger partial charge in [-0.25, -0.2) is 0 Å². The number of ether oxygens (including phenoxy) is 1. The van der Waals surface area contributed by atoms with Gasteiger partial charge < -0.3 is 14.6 Å². The molecule has 0 bridgehead atoms. The molecule has 0 radical (unpaired) electrons. The monoisotopic (exact) mass is 776 g/mol. The van der Waals surface area contributed by atoms with Gasteiger partial charge >= 0.3 is 11.9 Å². The van der Waals surface area contributed by atoms with E-state index in [1.54, 1.807) is 20.8 Å². The third-order valence-electron chi connectivity index (χ3n) is 17.1. The Kier molecular flexibility index (Phi) is 11.3. The standard InChI is InChI=1S/C48H69ClO6/c1-29(2)40-35(51)27-48(32(25-30(3)50)15-11-13-31-14-12-16-33(49)26-31)24-23-46(9)34(41(40)48)17-18-37-45(8)21-20-38(55-39(52)28-43(4,5)42(53)54)44(6,7)36(45)19-22-47(37,46)10/h12,14,16,26,29,32,34,36-38H,11,13,15,17-25,27-28H2,1-10H3,(H,53,54). The second-order valence-corrected chi connectivity index (χ2v) is 21.6. The lowest BCUT2D eigenvalue weighted by molar-refractivity contribution is -0.234. The van der Waals surface area contributed by atoms with Crippen molar-refractivity contribution in [2.45, 2.75) is 165 Å². The molecule has 1 aromatic carbocycles. The van der Waals surface area contributed by atoms with E-state index in [1.165, 1.54) is 11.1 Å². The number of hydrogen-bond donors (Lipinski definition) is 1. The van der Waals surface area contributed by atoms with E-state index in [1.807, 2.05) is 18.2 Å². The fourth-order valence-electron chi connectivity index (χ4n) is 14.2. The summed E-state index contributed by atoms with van der Waals surface area (Å²) < 4.78 is 6.19. The highest BCUT2D eigenvalue weighted by Crippen LogP contribution is 2.77. The first-order valence-corrected chi connectivity index (χ1v) is 21.9. The van der Waals surface area contributed by atoms with Crippen LogP contribution in [0.15, 0.2) is 35.4 Å². The third kappa shape index (κ3) is 6.98. The van der Waals surface area contributed by atoms with Gasteiger partial charge in [-0.1, -0.05) is 77.8 Å². The Morgan fingerprint density at radius 3 is 2.29 bits per heavy atom. The summed E-state index contributed by atoms with van der Waals surface area (Å²) in [6.07, 6.45) is 11.6. The lowest BCUT2D eigenvalue weighted by Crippen LogP contribution is -2.66. The van der Waals surface area contributed by atoms with E-state index in [2.05, 4.69) is 54.5 Å². The van der Waals surface area contributed by atoms with Crippen LogP contribution in [0.5, 0.6) is 0 Å². The molecule has 7 heteroatoms. The van der Waals surface area contributed by atoms with Gasteiger partial charge in [0.05, 0.1) is 11.8 Å². The fourth-order valence-corrected chi connectivity index (χ4v) is 14.4. The van der Waals surface area contributed by atoms with Crippen LogP contribution in [0.2, 0.25) is 5.02 Å². The van der Waals surface area contributed by atoms with E-state index in [9.17, 15) is 24.3 Å². The van der Waals surface area contributed by atoms with Crippen LogP contribution in [0.3, 0.4) is 0 Å². The van der Waals surface area contributed by atoms with Crippen molar-refractivity contribution in [2.24, 2.45) is 62.1 Å². The molecule has 0 saturated heterocycles. The molecule has 6 nitrogen and oxygen atoms in total. The lowest BCUT2D eigenvalue weighted by atomic mass is 9.32. The van der Waals surface area contributed by atoms with Crippen molar-refractivity contribution in [3.63, 3.8) is 0 Å². The maximum Gasteiger partial charge on any atom is 0.309 e. The van der Waals surface area contributed by atoms with Crippen molar-refractivity contribution in [3.8, 4) is 0 Å². The number of hydrogen-bond acceptors (Lipinski definition) is 5. The van der Waals surface area contributed by atoms with Gasteiger partial charge in [0.1, 0.15) is 11.9 Å². The molecule has 0 heterocycles. The Balaban J connectivity index is 1.30. The number of aliphatic carboxylic acids is 1. The Hall–Kier alpha value is -2.47. The number of benzene rings is 1. The van der Waals surface area contributed by atoms with E-state index < -0.39 is 17.4 Å². The molecule has 9 unspecified atom stereocenters. The van der Waals surface area contributed by atoms with Crippen LogP contribution in [0.25, 0.3) is 0 Å². The number of halogens is 1. The number of allylic oxidation sites excluding steroid dienone is 2. The summed E-state index contributed by atoms with van der Waals surface area (Å²) in [6, 6.07) is 8.10. The highest BCUT2D eigenvalue weighted by Gasteiger charge is 2.70. The second-order valence-electron chi connectivity index (χ2n) is 21.2. The molecule has 4 fully saturated rings. The zero-order valence-corrected chi connectivity index (χ0v) is 36.3. The maximum atomic E-state index is 14.4. The largest absolute Gasteiger partial charge is 0.481 e. The first kappa shape index (κ1) is 42.1. The number of fused-ring (bicyclic) bond motifs is 7. The number of Topliss-reactive ketones (excluding diaryl/α,β-unsaturated/α-hetero) is 2. The molecule has 9 atom stereocenters. The SMILES string of the molecule is CC(=O)CC(CCCc1cccc(Cl)c1)C12CCC3(C)C(CCC4C5(C)CCC(OC(=O)CC(C)(C)C(=O)O)C(C)(C)C5CCC43C)C1=C(C(C)C)C(=O)C2. The minimum Gasteiger partial charge on any atom is -0.481 e. The molecule has 0 amide bonds. The molecular formula is C48H69ClO6. The first-order chi connectivity index (χ1) is 25.5. The zero-order valence-electron chi connectivity index (χ0n) is 35.5. The average Bonchev–Trinajstić information content (AvgIpc) is 3.38. The van der Waals surface area contributed by atoms with Gasteiger partial charge in [0.25, 0.3) is 0 Å². The molecule has 1 N–H and O–H groups in total. The van der Waals surface area contributed by atoms with Crippen LogP contribution in [0, 0.1) is 62.1 Å². The smallest absolute Gasteiger partial charge is 0.309 e. The van der Waals surface area contributed by atoms with Crippen LogP contribution in [-0.2, 0) is 30.3 Å². The molecule has 6 rings (SSSR count). The Bertz CT molecular complexity index is 1740. The Morgan fingerprint density at radius 1 is 0.945 bits per heavy atom. The highest BCUT2D eigenvalue weighted by atomic mass is 35.5.